The second-order valence-electron chi connectivity index (χ2n) is 7.61. The van der Waals surface area contributed by atoms with Gasteiger partial charge in [0.05, 0.1) is 11.0 Å². The molecule has 0 spiro atoms. The molecule has 0 radical (unpaired) electrons. The summed E-state index contributed by atoms with van der Waals surface area (Å²) in [6, 6.07) is 6.82. The summed E-state index contributed by atoms with van der Waals surface area (Å²) in [4.78, 5) is 12.7. The van der Waals surface area contributed by atoms with Crippen molar-refractivity contribution in [3.63, 3.8) is 0 Å². The first-order valence-electron chi connectivity index (χ1n) is 9.38. The van der Waals surface area contributed by atoms with E-state index >= 15 is 0 Å². The summed E-state index contributed by atoms with van der Waals surface area (Å²) in [5.74, 6) is 0. The quantitative estimate of drug-likeness (QED) is 0.303. The summed E-state index contributed by atoms with van der Waals surface area (Å²) >= 11 is 12.8. The lowest BCUT2D eigenvalue weighted by atomic mass is 9.96. The van der Waals surface area contributed by atoms with Gasteiger partial charge in [-0.15, -0.1) is 0 Å². The van der Waals surface area contributed by atoms with Gasteiger partial charge >= 0.3 is 6.03 Å². The van der Waals surface area contributed by atoms with Crippen molar-refractivity contribution < 1.29 is 10.0 Å². The second kappa shape index (κ2) is 8.98. The summed E-state index contributed by atoms with van der Waals surface area (Å²) < 4.78 is -0.0164. The molecule has 2 N–H and O–H groups in total. The van der Waals surface area contributed by atoms with E-state index in [2.05, 4.69) is 10.4 Å². The predicted octanol–water partition coefficient (Wildman–Crippen LogP) is 4.85. The highest BCUT2D eigenvalue weighted by Crippen LogP contribution is 2.42. The molecule has 0 aromatic heterocycles. The minimum absolute atomic E-state index is 0.103. The fourth-order valence-electron chi connectivity index (χ4n) is 3.50. The van der Waals surface area contributed by atoms with Gasteiger partial charge in [-0.3, -0.25) is 5.21 Å². The monoisotopic (exact) mass is 440 g/mol. The number of urea groups is 1. The number of benzene rings is 1. The van der Waals surface area contributed by atoms with Crippen molar-refractivity contribution >= 4 is 52.1 Å². The van der Waals surface area contributed by atoms with Crippen LogP contribution in [0.1, 0.15) is 51.5 Å². The van der Waals surface area contributed by atoms with E-state index in [-0.39, 0.29) is 6.04 Å². The number of halogens is 1. The molecule has 1 aliphatic heterocycles. The predicted molar refractivity (Wildman–Crippen MR) is 118 cm³/mol. The number of carbonyl (C=O) groups is 1. The van der Waals surface area contributed by atoms with Crippen LogP contribution in [0, 0.1) is 0 Å². The van der Waals surface area contributed by atoms with Crippen molar-refractivity contribution in [2.75, 3.05) is 0 Å². The Morgan fingerprint density at radius 1 is 1.36 bits per heavy atom. The first-order valence-corrected chi connectivity index (χ1v) is 11.0. The highest BCUT2D eigenvalue weighted by atomic mass is 35.5. The highest BCUT2D eigenvalue weighted by molar-refractivity contribution is 8.24. The van der Waals surface area contributed by atoms with Gasteiger partial charge in [-0.1, -0.05) is 67.0 Å². The number of hydrogen-bond acceptors (Lipinski definition) is 5. The van der Waals surface area contributed by atoms with Gasteiger partial charge in [0.2, 0.25) is 0 Å². The summed E-state index contributed by atoms with van der Waals surface area (Å²) in [6.45, 7) is 3.87. The van der Waals surface area contributed by atoms with Gasteiger partial charge in [0.15, 0.2) is 10.5 Å². The molecule has 1 aromatic carbocycles. The molecule has 6 nitrogen and oxygen atoms in total. The van der Waals surface area contributed by atoms with Crippen LogP contribution in [0.15, 0.2) is 29.4 Å². The molecule has 1 atom stereocenters. The largest absolute Gasteiger partial charge is 0.343 e. The van der Waals surface area contributed by atoms with Crippen molar-refractivity contribution in [1.82, 2.24) is 15.4 Å². The molecule has 2 fully saturated rings. The summed E-state index contributed by atoms with van der Waals surface area (Å²) in [5.41, 5.74) is 0.844. The molecule has 1 aromatic rings. The van der Waals surface area contributed by atoms with Gasteiger partial charge in [0, 0.05) is 11.1 Å². The van der Waals surface area contributed by atoms with Crippen molar-refractivity contribution in [2.24, 2.45) is 5.10 Å². The number of carbonyl (C=O) groups excluding carboxylic acids is 1. The highest BCUT2D eigenvalue weighted by Gasteiger charge is 2.50. The van der Waals surface area contributed by atoms with Gasteiger partial charge in [-0.05, 0) is 44.4 Å². The van der Waals surface area contributed by atoms with E-state index in [9.17, 15) is 10.0 Å². The molecule has 1 saturated carbocycles. The number of nitrogens with one attached hydrogen (secondary N) is 1. The van der Waals surface area contributed by atoms with Crippen molar-refractivity contribution in [1.29, 1.82) is 0 Å². The van der Waals surface area contributed by atoms with E-state index in [0.717, 1.165) is 36.3 Å². The molecule has 1 heterocycles. The lowest BCUT2D eigenvalue weighted by Gasteiger charge is -2.35. The third kappa shape index (κ3) is 4.97. The Morgan fingerprint density at radius 2 is 2.00 bits per heavy atom. The molecular weight excluding hydrogens is 416 g/mol. The number of amides is 2. The number of thioether (sulfide) groups is 1. The zero-order chi connectivity index (χ0) is 20.3. The van der Waals surface area contributed by atoms with Crippen LogP contribution in [-0.2, 0) is 0 Å². The molecule has 1 aliphatic carbocycles. The van der Waals surface area contributed by atoms with Crippen LogP contribution in [0.3, 0.4) is 0 Å². The Kier molecular flexibility index (Phi) is 6.85. The number of hydrogen-bond donors (Lipinski definition) is 2. The van der Waals surface area contributed by atoms with Gasteiger partial charge in [0.25, 0.3) is 0 Å². The van der Waals surface area contributed by atoms with E-state index in [1.807, 2.05) is 26.0 Å². The molecule has 0 bridgehead atoms. The Balaban J connectivity index is 1.75. The van der Waals surface area contributed by atoms with Crippen LogP contribution in [0.25, 0.3) is 0 Å². The molecule has 3 rings (SSSR count). The number of rotatable bonds is 4. The Hall–Kier alpha value is -1.35. The van der Waals surface area contributed by atoms with E-state index in [0.29, 0.717) is 9.34 Å². The van der Waals surface area contributed by atoms with Gasteiger partial charge in [-0.2, -0.15) is 10.2 Å². The zero-order valence-electron chi connectivity index (χ0n) is 16.0. The topological polar surface area (TPSA) is 68.2 Å². The van der Waals surface area contributed by atoms with Gasteiger partial charge in [0.1, 0.15) is 0 Å². The molecule has 2 amide bonds. The van der Waals surface area contributed by atoms with Gasteiger partial charge in [-0.25, -0.2) is 9.80 Å². The average molecular weight is 441 g/mol. The Bertz CT molecular complexity index is 751. The summed E-state index contributed by atoms with van der Waals surface area (Å²) in [6.07, 6.45) is 6.22. The minimum Gasteiger partial charge on any atom is -0.333 e. The third-order valence-electron chi connectivity index (χ3n) is 4.96. The van der Waals surface area contributed by atoms with Crippen molar-refractivity contribution in [3.8, 4) is 0 Å². The van der Waals surface area contributed by atoms with Crippen molar-refractivity contribution in [3.05, 3.63) is 34.9 Å². The smallest absolute Gasteiger partial charge is 0.333 e. The van der Waals surface area contributed by atoms with Crippen LogP contribution < -0.4 is 5.32 Å². The lowest BCUT2D eigenvalue weighted by Crippen LogP contribution is -2.57. The Labute approximate surface area is 180 Å². The van der Waals surface area contributed by atoms with Crippen LogP contribution in [0.2, 0.25) is 5.02 Å². The molecular formula is C19H25ClN4O2S2. The number of hydrazone groups is 1. The third-order valence-corrected chi connectivity index (χ3v) is 6.75. The number of nitrogens with zero attached hydrogens (tertiary/aromatic N) is 3. The zero-order valence-corrected chi connectivity index (χ0v) is 18.4. The van der Waals surface area contributed by atoms with Crippen LogP contribution in [0.5, 0.6) is 0 Å². The van der Waals surface area contributed by atoms with Crippen LogP contribution in [0.4, 0.5) is 4.79 Å². The fourth-order valence-corrected chi connectivity index (χ4v) is 5.42. The van der Waals surface area contributed by atoms with E-state index in [4.69, 9.17) is 23.8 Å². The normalized spacial score (nSPS) is 22.6. The van der Waals surface area contributed by atoms with Crippen LogP contribution in [-0.4, -0.2) is 48.8 Å². The maximum atomic E-state index is 12.7. The summed E-state index contributed by atoms with van der Waals surface area (Å²) in [5, 5.41) is 21.0. The number of hydroxylamine groups is 2. The fraction of sp³-hybridized carbons (Fsp3) is 0.526. The second-order valence-corrected chi connectivity index (χ2v) is 10.3. The molecule has 1 saturated heterocycles. The van der Waals surface area contributed by atoms with Crippen molar-refractivity contribution in [2.45, 2.75) is 62.9 Å². The first-order chi connectivity index (χ1) is 13.3. The maximum absolute atomic E-state index is 12.7. The molecule has 2 aliphatic rings. The number of thiocarbonyl (C=S) groups is 1. The van der Waals surface area contributed by atoms with E-state index in [1.165, 1.54) is 23.2 Å². The van der Waals surface area contributed by atoms with E-state index in [1.54, 1.807) is 18.3 Å². The SMILES string of the molecule is CC1(C)SC(=S)N(/N=C\c2ccc(Cl)cc2)[C@H]1N(O)C(=O)NC1CCCCC1. The van der Waals surface area contributed by atoms with E-state index < -0.39 is 16.9 Å². The lowest BCUT2D eigenvalue weighted by molar-refractivity contribution is -0.119. The minimum atomic E-state index is -0.711. The standard InChI is InChI=1S/C19H25ClN4O2S2/c1-19(2)16(24(26)17(25)22-15-6-4-3-5-7-15)23(18(27)28-19)21-12-13-8-10-14(20)11-9-13/h8-12,15-16,26H,3-7H2,1-2H3,(H,22,25)/b21-12-/t16-/m0/s1. The maximum Gasteiger partial charge on any atom is 0.343 e. The molecule has 28 heavy (non-hydrogen) atoms. The van der Waals surface area contributed by atoms with Crippen LogP contribution >= 0.6 is 35.6 Å². The molecule has 152 valence electrons. The first kappa shape index (κ1) is 21.4. The Morgan fingerprint density at radius 3 is 2.64 bits per heavy atom. The van der Waals surface area contributed by atoms with Gasteiger partial charge < -0.3 is 5.32 Å². The summed E-state index contributed by atoms with van der Waals surface area (Å²) in [7, 11) is 0. The molecule has 0 unspecified atom stereocenters. The molecule has 9 heteroatoms. The average Bonchev–Trinajstić information content (AvgIpc) is 2.89.